The summed E-state index contributed by atoms with van der Waals surface area (Å²) >= 11 is 0. The van der Waals surface area contributed by atoms with Crippen molar-refractivity contribution in [2.45, 2.75) is 25.3 Å². The summed E-state index contributed by atoms with van der Waals surface area (Å²) in [6, 6.07) is 7.44. The number of rotatable bonds is 6. The third kappa shape index (κ3) is 4.25. The van der Waals surface area contributed by atoms with Crippen LogP contribution in [0.4, 0.5) is 20.4 Å². The van der Waals surface area contributed by atoms with Crippen molar-refractivity contribution in [2.24, 2.45) is 0 Å². The quantitative estimate of drug-likeness (QED) is 0.586. The Kier molecular flexibility index (Phi) is 6.46. The van der Waals surface area contributed by atoms with E-state index in [1.807, 2.05) is 13.1 Å². The van der Waals surface area contributed by atoms with Crippen LogP contribution in [0.15, 0.2) is 24.3 Å². The molecule has 0 atom stereocenters. The summed E-state index contributed by atoms with van der Waals surface area (Å²) in [6.45, 7) is 4.40. The van der Waals surface area contributed by atoms with Crippen molar-refractivity contribution in [3.63, 3.8) is 0 Å². The van der Waals surface area contributed by atoms with Gasteiger partial charge in [-0.15, -0.1) is 0 Å². The molecule has 0 unspecified atom stereocenters. The predicted octanol–water partition coefficient (Wildman–Crippen LogP) is 2.79. The molecular formula is C23H29F2N7O2. The number of hydrogen-bond donors (Lipinski definition) is 1. The van der Waals surface area contributed by atoms with E-state index < -0.39 is 12.2 Å². The summed E-state index contributed by atoms with van der Waals surface area (Å²) in [5, 5.41) is 3.38. The number of nitrogens with zero attached hydrogens (tertiary/aromatic N) is 6. The van der Waals surface area contributed by atoms with Crippen LogP contribution in [0.5, 0.6) is 5.75 Å². The minimum absolute atomic E-state index is 0.172. The Morgan fingerprint density at radius 3 is 2.62 bits per heavy atom. The fourth-order valence-electron chi connectivity index (χ4n) is 4.64. The van der Waals surface area contributed by atoms with E-state index in [4.69, 9.17) is 19.4 Å². The molecule has 34 heavy (non-hydrogen) atoms. The Hall–Kier alpha value is -3.05. The van der Waals surface area contributed by atoms with Gasteiger partial charge >= 0.3 is 0 Å². The van der Waals surface area contributed by atoms with E-state index in [0.717, 1.165) is 25.9 Å². The topological polar surface area (TPSA) is 80.6 Å². The molecular weight excluding hydrogens is 444 g/mol. The molecule has 0 radical (unpaired) electrons. The van der Waals surface area contributed by atoms with E-state index in [2.05, 4.69) is 20.1 Å². The van der Waals surface area contributed by atoms with Crippen LogP contribution >= 0.6 is 0 Å². The van der Waals surface area contributed by atoms with Crippen LogP contribution in [-0.2, 0) is 4.74 Å². The Bertz CT molecular complexity index is 1140. The number of halogens is 2. The van der Waals surface area contributed by atoms with Crippen molar-refractivity contribution in [1.82, 2.24) is 24.8 Å². The summed E-state index contributed by atoms with van der Waals surface area (Å²) < 4.78 is 40.6. The second-order valence-electron chi connectivity index (χ2n) is 8.51. The molecule has 1 N–H and O–H groups in total. The van der Waals surface area contributed by atoms with Gasteiger partial charge in [-0.2, -0.15) is 9.97 Å². The molecule has 0 bridgehead atoms. The highest BCUT2D eigenvalue weighted by Crippen LogP contribution is 2.33. The average Bonchev–Trinajstić information content (AvgIpc) is 3.29. The van der Waals surface area contributed by atoms with Gasteiger partial charge in [0.2, 0.25) is 5.95 Å². The van der Waals surface area contributed by atoms with Crippen molar-refractivity contribution in [3.8, 4) is 11.7 Å². The zero-order valence-corrected chi connectivity index (χ0v) is 19.4. The molecule has 0 saturated carbocycles. The lowest BCUT2D eigenvalue weighted by Gasteiger charge is -2.34. The van der Waals surface area contributed by atoms with Crippen LogP contribution in [0.2, 0.25) is 0 Å². The fraction of sp³-hybridized carbons (Fsp3) is 0.522. The number of aromatic nitrogens is 4. The molecule has 11 heteroatoms. The molecule has 3 aromatic rings. The molecule has 2 fully saturated rings. The first kappa shape index (κ1) is 22.7. The molecule has 1 aromatic carbocycles. The van der Waals surface area contributed by atoms with Crippen molar-refractivity contribution in [3.05, 3.63) is 30.1 Å². The summed E-state index contributed by atoms with van der Waals surface area (Å²) in [4.78, 5) is 18.0. The zero-order valence-electron chi connectivity index (χ0n) is 19.4. The van der Waals surface area contributed by atoms with E-state index in [1.165, 1.54) is 11.7 Å². The number of para-hydroxylation sites is 1. The lowest BCUT2D eigenvalue weighted by molar-refractivity contribution is 0.122. The number of imidazole rings is 1. The molecule has 2 aliphatic rings. The highest BCUT2D eigenvalue weighted by Gasteiger charge is 2.27. The van der Waals surface area contributed by atoms with Gasteiger partial charge in [-0.3, -0.25) is 4.57 Å². The van der Waals surface area contributed by atoms with Crippen LogP contribution in [0.1, 0.15) is 25.1 Å². The number of methoxy groups -OCH3 is 1. The van der Waals surface area contributed by atoms with E-state index in [0.29, 0.717) is 60.8 Å². The number of nitrogens with one attached hydrogen (secondary N) is 1. The largest absolute Gasteiger partial charge is 0.494 e. The maximum Gasteiger partial charge on any atom is 0.296 e. The SMILES string of the molecule is COc1cccc2c1nc(C(F)F)n2-c1nc(N2CCOCC2)cc(N(C)C2CCNCC2)n1. The van der Waals surface area contributed by atoms with Crippen molar-refractivity contribution in [1.29, 1.82) is 0 Å². The van der Waals surface area contributed by atoms with Crippen molar-refractivity contribution < 1.29 is 18.3 Å². The molecule has 4 heterocycles. The third-order valence-electron chi connectivity index (χ3n) is 6.53. The number of hydrogen-bond acceptors (Lipinski definition) is 8. The Labute approximate surface area is 196 Å². The number of morpholine rings is 1. The first-order valence-electron chi connectivity index (χ1n) is 11.6. The summed E-state index contributed by atoms with van der Waals surface area (Å²) in [6.07, 6.45) is -0.842. The number of alkyl halides is 2. The zero-order chi connectivity index (χ0) is 23.7. The van der Waals surface area contributed by atoms with Gasteiger partial charge in [-0.1, -0.05) is 6.07 Å². The van der Waals surface area contributed by atoms with E-state index in [9.17, 15) is 8.78 Å². The number of anilines is 2. The second-order valence-corrected chi connectivity index (χ2v) is 8.51. The Balaban J connectivity index is 1.67. The van der Waals surface area contributed by atoms with E-state index >= 15 is 0 Å². The fourth-order valence-corrected chi connectivity index (χ4v) is 4.64. The summed E-state index contributed by atoms with van der Waals surface area (Å²) in [7, 11) is 3.51. The molecule has 5 rings (SSSR count). The molecule has 182 valence electrons. The number of ether oxygens (including phenoxy) is 2. The third-order valence-corrected chi connectivity index (χ3v) is 6.53. The smallest absolute Gasteiger partial charge is 0.296 e. The summed E-state index contributed by atoms with van der Waals surface area (Å²) in [5.74, 6) is 1.58. The summed E-state index contributed by atoms with van der Waals surface area (Å²) in [5.41, 5.74) is 0.832. The molecule has 2 aliphatic heterocycles. The highest BCUT2D eigenvalue weighted by molar-refractivity contribution is 5.84. The molecule has 0 spiro atoms. The Morgan fingerprint density at radius 1 is 1.15 bits per heavy atom. The van der Waals surface area contributed by atoms with Crippen LogP contribution in [-0.4, -0.2) is 79.1 Å². The molecule has 0 aliphatic carbocycles. The van der Waals surface area contributed by atoms with Crippen molar-refractivity contribution in [2.75, 3.05) is 63.4 Å². The number of fused-ring (bicyclic) bond motifs is 1. The molecule has 9 nitrogen and oxygen atoms in total. The monoisotopic (exact) mass is 473 g/mol. The van der Waals surface area contributed by atoms with Gasteiger partial charge in [-0.25, -0.2) is 13.8 Å². The highest BCUT2D eigenvalue weighted by atomic mass is 19.3. The van der Waals surface area contributed by atoms with E-state index in [1.54, 1.807) is 18.2 Å². The first-order valence-corrected chi connectivity index (χ1v) is 11.6. The maximum absolute atomic E-state index is 14.2. The average molecular weight is 474 g/mol. The van der Waals surface area contributed by atoms with Gasteiger partial charge in [-0.05, 0) is 38.1 Å². The maximum atomic E-state index is 14.2. The normalized spacial score (nSPS) is 17.5. The van der Waals surface area contributed by atoms with Gasteiger partial charge in [0.15, 0.2) is 5.82 Å². The second kappa shape index (κ2) is 9.67. The standard InChI is InChI=1S/C23H29F2N7O2/c1-30(15-6-8-26-9-7-15)18-14-19(31-10-12-34-13-11-31)28-23(27-18)32-16-4-3-5-17(33-2)20(16)29-22(32)21(24)25/h3-5,14-15,21,26H,6-13H2,1-2H3. The van der Waals surface area contributed by atoms with E-state index in [-0.39, 0.29) is 5.95 Å². The number of benzene rings is 1. The van der Waals surface area contributed by atoms with Gasteiger partial charge in [0.1, 0.15) is 22.9 Å². The molecule has 0 amide bonds. The lowest BCUT2D eigenvalue weighted by Crippen LogP contribution is -2.42. The minimum atomic E-state index is -2.81. The first-order chi connectivity index (χ1) is 16.6. The Morgan fingerprint density at radius 2 is 1.91 bits per heavy atom. The molecule has 2 aromatic heterocycles. The molecule has 2 saturated heterocycles. The van der Waals surface area contributed by atoms with Gasteiger partial charge in [0, 0.05) is 32.2 Å². The van der Waals surface area contributed by atoms with Crippen LogP contribution < -0.4 is 19.9 Å². The lowest BCUT2D eigenvalue weighted by atomic mass is 10.1. The van der Waals surface area contributed by atoms with Crippen LogP contribution in [0, 0.1) is 0 Å². The minimum Gasteiger partial charge on any atom is -0.494 e. The van der Waals surface area contributed by atoms with Crippen LogP contribution in [0.25, 0.3) is 17.0 Å². The van der Waals surface area contributed by atoms with Crippen molar-refractivity contribution >= 4 is 22.7 Å². The van der Waals surface area contributed by atoms with Gasteiger partial charge in [0.05, 0.1) is 25.8 Å². The van der Waals surface area contributed by atoms with Gasteiger partial charge < -0.3 is 24.6 Å². The number of piperidine rings is 1. The van der Waals surface area contributed by atoms with Gasteiger partial charge in [0.25, 0.3) is 6.43 Å². The predicted molar refractivity (Wildman–Crippen MR) is 125 cm³/mol. The van der Waals surface area contributed by atoms with Crippen LogP contribution in [0.3, 0.4) is 0 Å².